The van der Waals surface area contributed by atoms with Gasteiger partial charge in [0.15, 0.2) is 5.78 Å². The zero-order chi connectivity index (χ0) is 13.7. The number of rotatable bonds is 5. The number of halogens is 2. The molecule has 0 aromatic heterocycles. The van der Waals surface area contributed by atoms with Crippen LogP contribution in [0.15, 0.2) is 30.3 Å². The quantitative estimate of drug-likeness (QED) is 0.724. The number of benzene rings is 1. The average molecular weight is 391 g/mol. The number of ether oxygens (including phenoxy) is 1. The van der Waals surface area contributed by atoms with Crippen molar-refractivity contribution >= 4 is 37.6 Å². The van der Waals surface area contributed by atoms with Crippen molar-refractivity contribution in [1.82, 2.24) is 4.90 Å². The first kappa shape index (κ1) is 15.2. The standard InChI is InChI=1S/C14H17Br2NO2/c15-13(11-4-2-1-3-5-11)14(16)12(18)10-17-6-8-19-9-7-17/h1-5,13-14H,6-10H2. The third kappa shape index (κ3) is 4.38. The number of morpholine rings is 1. The molecule has 2 rings (SSSR count). The minimum Gasteiger partial charge on any atom is -0.379 e. The van der Waals surface area contributed by atoms with E-state index in [1.807, 2.05) is 30.3 Å². The fraction of sp³-hybridized carbons (Fsp3) is 0.500. The minimum atomic E-state index is -0.210. The fourth-order valence-corrected chi connectivity index (χ4v) is 3.09. The molecule has 1 aromatic carbocycles. The van der Waals surface area contributed by atoms with Crippen LogP contribution in [0, 0.1) is 0 Å². The van der Waals surface area contributed by atoms with Gasteiger partial charge in [0.25, 0.3) is 0 Å². The van der Waals surface area contributed by atoms with Crippen LogP contribution in [0.25, 0.3) is 0 Å². The lowest BCUT2D eigenvalue weighted by molar-refractivity contribution is -0.120. The second-order valence-corrected chi connectivity index (χ2v) is 6.54. The Morgan fingerprint density at radius 2 is 1.84 bits per heavy atom. The van der Waals surface area contributed by atoms with Gasteiger partial charge in [-0.25, -0.2) is 0 Å². The molecule has 0 aliphatic carbocycles. The number of carbonyl (C=O) groups is 1. The van der Waals surface area contributed by atoms with Crippen molar-refractivity contribution < 1.29 is 9.53 Å². The molecule has 0 radical (unpaired) electrons. The van der Waals surface area contributed by atoms with E-state index < -0.39 is 0 Å². The first-order valence-corrected chi connectivity index (χ1v) is 8.17. The van der Waals surface area contributed by atoms with Gasteiger partial charge in [0, 0.05) is 13.1 Å². The lowest BCUT2D eigenvalue weighted by Gasteiger charge is -2.27. The first-order valence-electron chi connectivity index (χ1n) is 6.34. The van der Waals surface area contributed by atoms with Gasteiger partial charge in [-0.1, -0.05) is 62.2 Å². The maximum absolute atomic E-state index is 12.3. The summed E-state index contributed by atoms with van der Waals surface area (Å²) < 4.78 is 5.28. The SMILES string of the molecule is O=C(CN1CCOCC1)C(Br)C(Br)c1ccccc1. The smallest absolute Gasteiger partial charge is 0.161 e. The van der Waals surface area contributed by atoms with Gasteiger partial charge in [-0.2, -0.15) is 0 Å². The average Bonchev–Trinajstić information content (AvgIpc) is 2.47. The third-order valence-electron chi connectivity index (χ3n) is 3.17. The van der Waals surface area contributed by atoms with Crippen LogP contribution in [-0.4, -0.2) is 48.4 Å². The van der Waals surface area contributed by atoms with Crippen LogP contribution in [0.1, 0.15) is 10.4 Å². The van der Waals surface area contributed by atoms with Crippen molar-refractivity contribution in [2.75, 3.05) is 32.8 Å². The molecule has 104 valence electrons. The molecule has 2 atom stereocenters. The van der Waals surface area contributed by atoms with Gasteiger partial charge >= 0.3 is 0 Å². The number of nitrogens with zero attached hydrogens (tertiary/aromatic N) is 1. The Morgan fingerprint density at radius 1 is 1.21 bits per heavy atom. The molecule has 0 saturated carbocycles. The molecule has 0 spiro atoms. The zero-order valence-corrected chi connectivity index (χ0v) is 13.8. The Morgan fingerprint density at radius 3 is 2.47 bits per heavy atom. The van der Waals surface area contributed by atoms with E-state index >= 15 is 0 Å². The van der Waals surface area contributed by atoms with Crippen LogP contribution in [-0.2, 0) is 9.53 Å². The van der Waals surface area contributed by atoms with Gasteiger partial charge in [0.1, 0.15) is 0 Å². The summed E-state index contributed by atoms with van der Waals surface area (Å²) in [6.45, 7) is 3.59. The van der Waals surface area contributed by atoms with E-state index in [0.29, 0.717) is 6.54 Å². The first-order chi connectivity index (χ1) is 9.18. The summed E-state index contributed by atoms with van der Waals surface area (Å²) in [6.07, 6.45) is 0. The van der Waals surface area contributed by atoms with E-state index in [-0.39, 0.29) is 15.4 Å². The van der Waals surface area contributed by atoms with Gasteiger partial charge in [0.2, 0.25) is 0 Å². The predicted octanol–water partition coefficient (Wildman–Crippen LogP) is 2.79. The molecular weight excluding hydrogens is 374 g/mol. The van der Waals surface area contributed by atoms with Gasteiger partial charge in [-0.3, -0.25) is 9.69 Å². The van der Waals surface area contributed by atoms with Crippen molar-refractivity contribution in [3.63, 3.8) is 0 Å². The van der Waals surface area contributed by atoms with Crippen LogP contribution in [0.3, 0.4) is 0 Å². The summed E-state index contributed by atoms with van der Waals surface area (Å²) in [6, 6.07) is 9.99. The molecule has 1 aliphatic rings. The summed E-state index contributed by atoms with van der Waals surface area (Å²) in [4.78, 5) is 14.2. The third-order valence-corrected chi connectivity index (χ3v) is 5.97. The van der Waals surface area contributed by atoms with Gasteiger partial charge in [-0.15, -0.1) is 0 Å². The van der Waals surface area contributed by atoms with Crippen molar-refractivity contribution in [1.29, 1.82) is 0 Å². The highest BCUT2D eigenvalue weighted by molar-refractivity contribution is 9.12. The van der Waals surface area contributed by atoms with Gasteiger partial charge in [0.05, 0.1) is 29.4 Å². The van der Waals surface area contributed by atoms with Crippen LogP contribution in [0.2, 0.25) is 0 Å². The number of hydrogen-bond acceptors (Lipinski definition) is 3. The zero-order valence-electron chi connectivity index (χ0n) is 10.6. The summed E-state index contributed by atoms with van der Waals surface area (Å²) in [7, 11) is 0. The summed E-state index contributed by atoms with van der Waals surface area (Å²) in [5, 5.41) is 0. The molecule has 1 heterocycles. The van der Waals surface area contributed by atoms with Crippen molar-refractivity contribution in [3.05, 3.63) is 35.9 Å². The van der Waals surface area contributed by atoms with E-state index in [1.54, 1.807) is 0 Å². The number of carbonyl (C=O) groups excluding carboxylic acids is 1. The lowest BCUT2D eigenvalue weighted by atomic mass is 10.1. The highest BCUT2D eigenvalue weighted by Gasteiger charge is 2.26. The minimum absolute atomic E-state index is 0.00207. The Kier molecular flexibility index (Phi) is 6.01. The van der Waals surface area contributed by atoms with E-state index in [1.165, 1.54) is 0 Å². The highest BCUT2D eigenvalue weighted by atomic mass is 79.9. The molecule has 2 unspecified atom stereocenters. The normalized spacial score (nSPS) is 19.9. The van der Waals surface area contributed by atoms with Crippen LogP contribution in [0.5, 0.6) is 0 Å². The predicted molar refractivity (Wildman–Crippen MR) is 83.1 cm³/mol. The summed E-state index contributed by atoms with van der Waals surface area (Å²) in [5.74, 6) is 0.202. The van der Waals surface area contributed by atoms with Crippen LogP contribution < -0.4 is 0 Å². The molecule has 5 heteroatoms. The topological polar surface area (TPSA) is 29.5 Å². The second-order valence-electron chi connectivity index (χ2n) is 4.57. The van der Waals surface area contributed by atoms with E-state index in [4.69, 9.17) is 4.74 Å². The Labute approximate surface area is 130 Å². The Bertz CT molecular complexity index is 407. The van der Waals surface area contributed by atoms with Crippen LogP contribution in [0.4, 0.5) is 0 Å². The molecule has 0 N–H and O–H groups in total. The van der Waals surface area contributed by atoms with E-state index in [9.17, 15) is 4.79 Å². The number of Topliss-reactive ketones (excluding diaryl/α,β-unsaturated/α-hetero) is 1. The Balaban J connectivity index is 1.91. The largest absolute Gasteiger partial charge is 0.379 e. The lowest BCUT2D eigenvalue weighted by Crippen LogP contribution is -2.41. The van der Waals surface area contributed by atoms with Gasteiger partial charge < -0.3 is 4.74 Å². The maximum atomic E-state index is 12.3. The van der Waals surface area contributed by atoms with E-state index in [0.717, 1.165) is 31.9 Å². The number of hydrogen-bond donors (Lipinski definition) is 0. The maximum Gasteiger partial charge on any atom is 0.161 e. The van der Waals surface area contributed by atoms with Crippen molar-refractivity contribution in [2.45, 2.75) is 9.65 Å². The molecule has 1 aromatic rings. The molecule has 1 fully saturated rings. The second kappa shape index (κ2) is 7.53. The molecule has 0 bridgehead atoms. The van der Waals surface area contributed by atoms with E-state index in [2.05, 4.69) is 36.8 Å². The summed E-state index contributed by atoms with van der Waals surface area (Å²) >= 11 is 7.12. The Hall–Kier alpha value is -0.230. The molecule has 1 saturated heterocycles. The monoisotopic (exact) mass is 389 g/mol. The molecule has 19 heavy (non-hydrogen) atoms. The molecule has 1 aliphatic heterocycles. The highest BCUT2D eigenvalue weighted by Crippen LogP contribution is 2.31. The molecular formula is C14H17Br2NO2. The van der Waals surface area contributed by atoms with Crippen LogP contribution >= 0.6 is 31.9 Å². The number of alkyl halides is 2. The fourth-order valence-electron chi connectivity index (χ4n) is 2.04. The molecule has 3 nitrogen and oxygen atoms in total. The van der Waals surface area contributed by atoms with Crippen molar-refractivity contribution in [2.24, 2.45) is 0 Å². The molecule has 0 amide bonds. The van der Waals surface area contributed by atoms with Gasteiger partial charge in [-0.05, 0) is 5.56 Å². The number of ketones is 1. The summed E-state index contributed by atoms with van der Waals surface area (Å²) in [5.41, 5.74) is 1.11. The van der Waals surface area contributed by atoms with Crippen molar-refractivity contribution in [3.8, 4) is 0 Å².